The number of ether oxygens (including phenoxy) is 1. The molecule has 0 aromatic heterocycles. The van der Waals surface area contributed by atoms with Gasteiger partial charge in [-0.25, -0.2) is 21.6 Å². The molecule has 1 saturated heterocycles. The van der Waals surface area contributed by atoms with Crippen LogP contribution in [0.5, 0.6) is 11.5 Å². The van der Waals surface area contributed by atoms with Crippen LogP contribution in [0.4, 0.5) is 0 Å². The Bertz CT molecular complexity index is 2300. The molecule has 1 fully saturated rings. The Hall–Kier alpha value is -4.18. The molecule has 0 spiro atoms. The van der Waals surface area contributed by atoms with Crippen LogP contribution in [-0.4, -0.2) is 120 Å². The number of rotatable bonds is 37. The molecule has 3 rings (SSSR count). The number of carbonyl (C=O) groups excluding carboxylic acids is 5. The summed E-state index contributed by atoms with van der Waals surface area (Å²) in [6.45, 7) is 8.74. The predicted molar refractivity (Wildman–Crippen MR) is 321 cm³/mol. The third-order valence-corrected chi connectivity index (χ3v) is 13.9. The van der Waals surface area contributed by atoms with Gasteiger partial charge in [-0.2, -0.15) is 0 Å². The van der Waals surface area contributed by atoms with Gasteiger partial charge in [-0.05, 0) is 87.1 Å². The number of amides is 4. The van der Waals surface area contributed by atoms with Crippen molar-refractivity contribution in [3.63, 3.8) is 0 Å². The molecule has 87 heavy (non-hydrogen) atoms. The summed E-state index contributed by atoms with van der Waals surface area (Å²) in [6, 6.07) is 8.93. The Morgan fingerprint density at radius 2 is 0.782 bits per heavy atom. The van der Waals surface area contributed by atoms with Crippen molar-refractivity contribution in [1.82, 2.24) is 21.3 Å². The van der Waals surface area contributed by atoms with Crippen LogP contribution in [0.15, 0.2) is 58.3 Å². The zero-order valence-electron chi connectivity index (χ0n) is 52.8. The number of benzene rings is 2. The maximum Gasteiger partial charge on any atom is 1.00 e. The Labute approximate surface area is 562 Å². The van der Waals surface area contributed by atoms with Gasteiger partial charge in [-0.1, -0.05) is 163 Å². The van der Waals surface area contributed by atoms with Crippen LogP contribution in [-0.2, 0) is 58.6 Å². The fourth-order valence-corrected chi connectivity index (χ4v) is 8.34. The smallest absolute Gasteiger partial charge is 0.744 e. The van der Waals surface area contributed by atoms with Crippen LogP contribution in [0.25, 0.3) is 0 Å². The van der Waals surface area contributed by atoms with Gasteiger partial charge >= 0.3 is 83.0 Å². The molecule has 8 N–H and O–H groups in total. The van der Waals surface area contributed by atoms with Crippen LogP contribution in [0.1, 0.15) is 233 Å². The van der Waals surface area contributed by atoms with E-state index in [0.29, 0.717) is 25.7 Å². The van der Waals surface area contributed by atoms with E-state index in [-0.39, 0.29) is 119 Å². The van der Waals surface area contributed by atoms with Gasteiger partial charge in [-0.15, -0.1) is 0 Å². The summed E-state index contributed by atoms with van der Waals surface area (Å²) in [5.74, 6) is -3.60. The standard InChI is InChI=1S/C17H25NO6S.2C11H21NO3.C9H18O2.C6H11NO.C6H6O4S.2Na/c1-2-3-4-5-6-7-8-16(19)18-13-17(20)24-14-9-11-15(12-10-14)25(21,22)23;2*1-2-3-4-5-6-7-8-10(13)12-9-11(14)15;1-2-3-4-5-6-7-8-9(10)11;8-6-4-2-1-3-5-7-6;7-5-1-3-6(4-2-5)11(8,9)10;;/h9-12H,2-8,13H2,1H3,(H,18,19)(H,21,22,23);2*2-9H2,1H3,(H,12,13)(H,14,15);2-8H2,1H3,(H,10,11);1-5H2,(H,7,8);1-4,7H,(H,8,9,10);;/q;;;;;;2*+1/p-2. The minimum Gasteiger partial charge on any atom is -0.744 e. The summed E-state index contributed by atoms with van der Waals surface area (Å²) in [7, 11) is -8.91. The van der Waals surface area contributed by atoms with E-state index >= 15 is 0 Å². The minimum atomic E-state index is -4.53. The number of nitrogens with one attached hydrogen (secondary N) is 4. The molecule has 0 unspecified atom stereocenters. The van der Waals surface area contributed by atoms with Crippen molar-refractivity contribution in [2.75, 3.05) is 26.2 Å². The molecule has 2 aromatic carbocycles. The number of carboxylic acid groups (broad SMARTS) is 3. The maximum absolute atomic E-state index is 11.6. The summed E-state index contributed by atoms with van der Waals surface area (Å²) in [4.78, 5) is 85.6. The number of carboxylic acids is 3. The molecule has 0 aliphatic carbocycles. The van der Waals surface area contributed by atoms with E-state index in [1.54, 1.807) is 0 Å². The molecular formula is C60H100N4Na2O19S2. The molecule has 1 aliphatic heterocycles. The topological polar surface area (TPSA) is 389 Å². The Kier molecular flexibility index (Phi) is 65.3. The molecule has 27 heteroatoms. The molecule has 488 valence electrons. The molecule has 1 aliphatic rings. The summed E-state index contributed by atoms with van der Waals surface area (Å²) in [6.07, 6.45) is 32.7. The zero-order chi connectivity index (χ0) is 64.6. The molecule has 0 radical (unpaired) electrons. The van der Waals surface area contributed by atoms with E-state index in [1.165, 1.54) is 115 Å². The number of hydrogen-bond donors (Lipinski definition) is 8. The van der Waals surface area contributed by atoms with Gasteiger partial charge < -0.3 is 55.5 Å². The van der Waals surface area contributed by atoms with Crippen LogP contribution < -0.4 is 85.1 Å². The first-order chi connectivity index (χ1) is 40.3. The van der Waals surface area contributed by atoms with Crippen LogP contribution in [0, 0.1) is 0 Å². The van der Waals surface area contributed by atoms with Crippen molar-refractivity contribution in [3.05, 3.63) is 48.5 Å². The fraction of sp³-hybridized carbons (Fsp3) is 0.667. The molecule has 23 nitrogen and oxygen atoms in total. The predicted octanol–water partition coefficient (Wildman–Crippen LogP) is 4.04. The van der Waals surface area contributed by atoms with Crippen LogP contribution in [0.2, 0.25) is 0 Å². The van der Waals surface area contributed by atoms with E-state index in [2.05, 4.69) is 49.0 Å². The fourth-order valence-electron chi connectivity index (χ4n) is 7.40. The second kappa shape index (κ2) is 62.0. The van der Waals surface area contributed by atoms with Crippen molar-refractivity contribution in [1.29, 1.82) is 0 Å². The molecule has 0 saturated carbocycles. The van der Waals surface area contributed by atoms with E-state index in [4.69, 9.17) is 25.2 Å². The van der Waals surface area contributed by atoms with Gasteiger partial charge in [0, 0.05) is 38.6 Å². The Balaban J connectivity index is -0.000000320. The first kappa shape index (κ1) is 91.6. The maximum atomic E-state index is 11.6. The third kappa shape index (κ3) is 67.6. The number of unbranched alkanes of at least 4 members (excludes halogenated alkanes) is 20. The van der Waals surface area contributed by atoms with E-state index in [0.717, 1.165) is 120 Å². The normalized spacial score (nSPS) is 11.3. The second-order valence-electron chi connectivity index (χ2n) is 20.1. The van der Waals surface area contributed by atoms with Crippen molar-refractivity contribution in [2.45, 2.75) is 243 Å². The van der Waals surface area contributed by atoms with Crippen molar-refractivity contribution in [3.8, 4) is 11.5 Å². The molecular weight excluding hydrogens is 1190 g/mol. The average Bonchev–Trinajstić information content (AvgIpc) is 3.90. The monoisotopic (exact) mass is 1290 g/mol. The summed E-state index contributed by atoms with van der Waals surface area (Å²) in [5.41, 5.74) is 0. The van der Waals surface area contributed by atoms with Gasteiger partial charge in [0.25, 0.3) is 0 Å². The molecule has 2 aromatic rings. The zero-order valence-corrected chi connectivity index (χ0v) is 58.4. The van der Waals surface area contributed by atoms with Crippen LogP contribution in [0.3, 0.4) is 0 Å². The first-order valence-electron chi connectivity index (χ1n) is 30.1. The van der Waals surface area contributed by atoms with Gasteiger partial charge in [-0.3, -0.25) is 33.6 Å². The molecule has 4 amide bonds. The largest absolute Gasteiger partial charge is 1.00 e. The minimum absolute atomic E-state index is 0. The molecule has 0 bridgehead atoms. The average molecular weight is 1290 g/mol. The number of phenolic OH excluding ortho intramolecular Hbond substituents is 1. The summed E-state index contributed by atoms with van der Waals surface area (Å²) < 4.78 is 68.3. The Morgan fingerprint density at radius 1 is 0.460 bits per heavy atom. The Morgan fingerprint density at radius 3 is 1.11 bits per heavy atom. The van der Waals surface area contributed by atoms with Crippen LogP contribution >= 0.6 is 0 Å². The van der Waals surface area contributed by atoms with E-state index in [9.17, 15) is 64.3 Å². The van der Waals surface area contributed by atoms with Gasteiger partial charge in [0.15, 0.2) is 0 Å². The van der Waals surface area contributed by atoms with E-state index < -0.39 is 49.0 Å². The SMILES string of the molecule is CCCCCCCCC(=O)NCC(=O)O.CCCCCCCCC(=O)NCC(=O)O.CCCCCCCCC(=O)NCC(=O)Oc1ccc(S(=O)(=O)[O-])cc1.CCCCCCCCC(=O)O.O=C1CCCCCN1.O=S(=O)([O-])c1ccc(O)cc1.[Na+].[Na+]. The number of esters is 1. The van der Waals surface area contributed by atoms with Gasteiger partial charge in [0.1, 0.15) is 51.4 Å². The van der Waals surface area contributed by atoms with Gasteiger partial charge in [0.2, 0.25) is 23.6 Å². The number of carbonyl (C=O) groups is 8. The third-order valence-electron chi connectivity index (χ3n) is 12.2. The number of hydrogen-bond acceptors (Lipinski definition) is 16. The number of aliphatic carboxylic acids is 3. The van der Waals surface area contributed by atoms with Crippen molar-refractivity contribution in [2.24, 2.45) is 0 Å². The second-order valence-corrected chi connectivity index (χ2v) is 22.9. The summed E-state index contributed by atoms with van der Waals surface area (Å²) in [5, 5.41) is 43.7. The van der Waals surface area contributed by atoms with Gasteiger partial charge in [0.05, 0.1) is 9.79 Å². The number of aromatic hydroxyl groups is 1. The molecule has 1 heterocycles. The summed E-state index contributed by atoms with van der Waals surface area (Å²) >= 11 is 0. The number of phenols is 1. The molecule has 0 atom stereocenters. The first-order valence-corrected chi connectivity index (χ1v) is 32.9. The van der Waals surface area contributed by atoms with Crippen molar-refractivity contribution < 1.29 is 149 Å². The van der Waals surface area contributed by atoms with Crippen molar-refractivity contribution >= 4 is 67.7 Å². The quantitative estimate of drug-likeness (QED) is 0.0155. The van der Waals surface area contributed by atoms with E-state index in [1.807, 2.05) is 0 Å².